The molecule has 9 nitrogen and oxygen atoms in total. The third-order valence-corrected chi connectivity index (χ3v) is 6.58. The van der Waals surface area contributed by atoms with E-state index in [9.17, 15) is 9.18 Å². The van der Waals surface area contributed by atoms with Crippen LogP contribution in [-0.2, 0) is 11.2 Å². The van der Waals surface area contributed by atoms with Gasteiger partial charge in [-0.05, 0) is 54.8 Å². The number of carbonyl (C=O) groups excluding carboxylic acids is 1. The van der Waals surface area contributed by atoms with Gasteiger partial charge in [-0.25, -0.2) is 14.4 Å². The summed E-state index contributed by atoms with van der Waals surface area (Å²) < 4.78 is 19.1. The molecule has 2 aromatic carbocycles. The van der Waals surface area contributed by atoms with Crippen molar-refractivity contribution in [1.29, 1.82) is 0 Å². The summed E-state index contributed by atoms with van der Waals surface area (Å²) in [4.78, 5) is 30.4. The van der Waals surface area contributed by atoms with Crippen molar-refractivity contribution < 1.29 is 13.9 Å². The SMILES string of the molecule is COc1ccc(Sc2cc(Nc3cccc(F)c3)nc(N[C@@H](CC(C)C)C(=O)NCCc3cnc[nH]3)n2)cc1. The molecule has 0 aliphatic carbocycles. The predicted molar refractivity (Wildman–Crippen MR) is 151 cm³/mol. The fraction of sp³-hybridized carbons (Fsp3) is 0.286. The average molecular weight is 550 g/mol. The van der Waals surface area contributed by atoms with Crippen molar-refractivity contribution in [2.75, 3.05) is 24.3 Å². The molecular formula is C28H32FN7O2S. The normalized spacial score (nSPS) is 11.7. The van der Waals surface area contributed by atoms with E-state index in [0.717, 1.165) is 16.3 Å². The minimum Gasteiger partial charge on any atom is -0.497 e. The van der Waals surface area contributed by atoms with Gasteiger partial charge in [0.05, 0.1) is 13.4 Å². The van der Waals surface area contributed by atoms with Crippen LogP contribution >= 0.6 is 11.8 Å². The van der Waals surface area contributed by atoms with Crippen LogP contribution in [0.15, 0.2) is 77.0 Å². The smallest absolute Gasteiger partial charge is 0.242 e. The highest BCUT2D eigenvalue weighted by atomic mass is 32.2. The Bertz CT molecular complexity index is 1350. The summed E-state index contributed by atoms with van der Waals surface area (Å²) in [6.07, 6.45) is 4.58. The van der Waals surface area contributed by atoms with Gasteiger partial charge >= 0.3 is 0 Å². The monoisotopic (exact) mass is 549 g/mol. The second-order valence-electron chi connectivity index (χ2n) is 9.27. The largest absolute Gasteiger partial charge is 0.497 e. The quantitative estimate of drug-likeness (QED) is 0.163. The zero-order valence-electron chi connectivity index (χ0n) is 22.1. The third-order valence-electron chi connectivity index (χ3n) is 5.66. The second-order valence-corrected chi connectivity index (χ2v) is 10.4. The molecule has 2 heterocycles. The molecule has 0 aliphatic rings. The molecule has 4 rings (SSSR count). The molecule has 204 valence electrons. The van der Waals surface area contributed by atoms with E-state index in [0.29, 0.717) is 41.9 Å². The molecule has 0 bridgehead atoms. The van der Waals surface area contributed by atoms with Gasteiger partial charge in [-0.15, -0.1) is 0 Å². The number of benzene rings is 2. The molecule has 1 atom stereocenters. The van der Waals surface area contributed by atoms with Crippen LogP contribution in [0.3, 0.4) is 0 Å². The highest BCUT2D eigenvalue weighted by Gasteiger charge is 2.21. The summed E-state index contributed by atoms with van der Waals surface area (Å²) in [5, 5.41) is 10.0. The maximum absolute atomic E-state index is 13.8. The third kappa shape index (κ3) is 8.71. The minimum absolute atomic E-state index is 0.139. The number of methoxy groups -OCH3 is 1. The van der Waals surface area contributed by atoms with Crippen molar-refractivity contribution >= 4 is 35.1 Å². The zero-order valence-corrected chi connectivity index (χ0v) is 22.9. The molecule has 11 heteroatoms. The van der Waals surface area contributed by atoms with Crippen LogP contribution in [0.4, 0.5) is 21.8 Å². The molecule has 4 N–H and O–H groups in total. The standard InChI is InChI=1S/C28H32FN7O2S/c1-18(2)13-24(27(37)31-12-11-21-16-30-17-32-21)34-28-35-25(33-20-6-4-5-19(29)14-20)15-26(36-28)39-23-9-7-22(38-3)8-10-23/h4-10,14-18,24H,11-13H2,1-3H3,(H,30,32)(H,31,37)(H2,33,34,35,36)/t24-/m0/s1. The van der Waals surface area contributed by atoms with Gasteiger partial charge in [-0.1, -0.05) is 31.7 Å². The summed E-state index contributed by atoms with van der Waals surface area (Å²) in [7, 11) is 1.62. The lowest BCUT2D eigenvalue weighted by atomic mass is 10.0. The van der Waals surface area contributed by atoms with Gasteiger partial charge in [0.2, 0.25) is 11.9 Å². The van der Waals surface area contributed by atoms with Crippen molar-refractivity contribution in [3.05, 3.63) is 78.6 Å². The van der Waals surface area contributed by atoms with Crippen LogP contribution in [0.2, 0.25) is 0 Å². The van der Waals surface area contributed by atoms with E-state index in [2.05, 4.69) is 49.7 Å². The topological polar surface area (TPSA) is 117 Å². The lowest BCUT2D eigenvalue weighted by molar-refractivity contribution is -0.122. The Morgan fingerprint density at radius 2 is 1.95 bits per heavy atom. The molecule has 0 spiro atoms. The number of amides is 1. The van der Waals surface area contributed by atoms with Crippen LogP contribution in [0.5, 0.6) is 5.75 Å². The van der Waals surface area contributed by atoms with Crippen LogP contribution in [0.25, 0.3) is 0 Å². The number of rotatable bonds is 13. The Kier molecular flexibility index (Phi) is 9.74. The molecule has 4 aromatic rings. The number of hydrogen-bond acceptors (Lipinski definition) is 8. The average Bonchev–Trinajstić information content (AvgIpc) is 3.42. The van der Waals surface area contributed by atoms with Crippen molar-refractivity contribution in [2.24, 2.45) is 5.92 Å². The molecule has 0 fully saturated rings. The van der Waals surface area contributed by atoms with E-state index in [-0.39, 0.29) is 17.6 Å². The number of nitrogens with one attached hydrogen (secondary N) is 4. The first kappa shape index (κ1) is 27.9. The van der Waals surface area contributed by atoms with Gasteiger partial charge in [-0.2, -0.15) is 4.98 Å². The Morgan fingerprint density at radius 1 is 1.13 bits per heavy atom. The summed E-state index contributed by atoms with van der Waals surface area (Å²) in [5.74, 6) is 1.28. The number of carbonyl (C=O) groups is 1. The number of H-pyrrole nitrogens is 1. The van der Waals surface area contributed by atoms with Gasteiger partial charge in [0, 0.05) is 41.5 Å². The number of halogens is 1. The summed E-state index contributed by atoms with van der Waals surface area (Å²) >= 11 is 1.44. The summed E-state index contributed by atoms with van der Waals surface area (Å²) in [6.45, 7) is 4.58. The van der Waals surface area contributed by atoms with Crippen LogP contribution in [-0.4, -0.2) is 45.5 Å². The number of anilines is 3. The maximum atomic E-state index is 13.8. The van der Waals surface area contributed by atoms with Crippen molar-refractivity contribution in [3.63, 3.8) is 0 Å². The van der Waals surface area contributed by atoms with Gasteiger partial charge in [0.15, 0.2) is 0 Å². The number of hydrogen-bond donors (Lipinski definition) is 4. The number of aromatic amines is 1. The highest BCUT2D eigenvalue weighted by molar-refractivity contribution is 7.99. The first-order chi connectivity index (χ1) is 18.9. The molecule has 0 radical (unpaired) electrons. The Hall–Kier alpha value is -4.12. The number of imidazole rings is 1. The van der Waals surface area contributed by atoms with Crippen molar-refractivity contribution in [1.82, 2.24) is 25.3 Å². The fourth-order valence-electron chi connectivity index (χ4n) is 3.81. The summed E-state index contributed by atoms with van der Waals surface area (Å²) in [6, 6.07) is 15.0. The minimum atomic E-state index is -0.546. The van der Waals surface area contributed by atoms with E-state index < -0.39 is 6.04 Å². The Morgan fingerprint density at radius 3 is 2.64 bits per heavy atom. The van der Waals surface area contributed by atoms with E-state index in [1.165, 1.54) is 23.9 Å². The predicted octanol–water partition coefficient (Wildman–Crippen LogP) is 5.43. The lowest BCUT2D eigenvalue weighted by Gasteiger charge is -2.21. The van der Waals surface area contributed by atoms with Gasteiger partial charge in [-0.3, -0.25) is 4.79 Å². The molecule has 0 saturated carbocycles. The molecule has 0 aliphatic heterocycles. The molecule has 39 heavy (non-hydrogen) atoms. The van der Waals surface area contributed by atoms with Crippen LogP contribution in [0, 0.1) is 11.7 Å². The molecule has 0 unspecified atom stereocenters. The van der Waals surface area contributed by atoms with Gasteiger partial charge < -0.3 is 25.7 Å². The molecule has 2 aromatic heterocycles. The highest BCUT2D eigenvalue weighted by Crippen LogP contribution is 2.31. The van der Waals surface area contributed by atoms with E-state index in [1.807, 2.05) is 24.3 Å². The number of ether oxygens (including phenoxy) is 1. The van der Waals surface area contributed by atoms with E-state index >= 15 is 0 Å². The zero-order chi connectivity index (χ0) is 27.6. The first-order valence-corrected chi connectivity index (χ1v) is 13.4. The van der Waals surface area contributed by atoms with E-state index in [4.69, 9.17) is 4.74 Å². The first-order valence-electron chi connectivity index (χ1n) is 12.6. The maximum Gasteiger partial charge on any atom is 0.242 e. The summed E-state index contributed by atoms with van der Waals surface area (Å²) in [5.41, 5.74) is 1.50. The molecule has 1 amide bonds. The van der Waals surface area contributed by atoms with Crippen molar-refractivity contribution in [2.45, 2.75) is 42.7 Å². The van der Waals surface area contributed by atoms with E-state index in [1.54, 1.807) is 37.8 Å². The van der Waals surface area contributed by atoms with Gasteiger partial charge in [0.25, 0.3) is 0 Å². The lowest BCUT2D eigenvalue weighted by Crippen LogP contribution is -2.41. The van der Waals surface area contributed by atoms with Crippen molar-refractivity contribution in [3.8, 4) is 5.75 Å². The second kappa shape index (κ2) is 13.6. The Balaban J connectivity index is 1.55. The number of aromatic nitrogens is 4. The Labute approximate surface area is 231 Å². The molecular weight excluding hydrogens is 517 g/mol. The van der Waals surface area contributed by atoms with Crippen LogP contribution < -0.4 is 20.7 Å². The molecule has 0 saturated heterocycles. The van der Waals surface area contributed by atoms with Gasteiger partial charge in [0.1, 0.15) is 28.5 Å². The number of nitrogens with zero attached hydrogens (tertiary/aromatic N) is 3. The fourth-order valence-corrected chi connectivity index (χ4v) is 4.62. The van der Waals surface area contributed by atoms with Crippen LogP contribution in [0.1, 0.15) is 26.0 Å².